The topological polar surface area (TPSA) is 95.6 Å². The van der Waals surface area contributed by atoms with Gasteiger partial charge in [-0.05, 0) is 26.0 Å². The fraction of sp³-hybridized carbons (Fsp3) is 0.294. The predicted molar refractivity (Wildman–Crippen MR) is 98.8 cm³/mol. The first-order chi connectivity index (χ1) is 12.4. The van der Waals surface area contributed by atoms with Crippen molar-refractivity contribution in [2.24, 2.45) is 0 Å². The van der Waals surface area contributed by atoms with Crippen LogP contribution in [0.4, 0.5) is 10.2 Å². The van der Waals surface area contributed by atoms with E-state index in [-0.39, 0.29) is 12.5 Å². The van der Waals surface area contributed by atoms with Crippen molar-refractivity contribution in [3.05, 3.63) is 35.7 Å². The molecule has 0 aromatic carbocycles. The van der Waals surface area contributed by atoms with Gasteiger partial charge in [0.1, 0.15) is 23.7 Å². The second-order valence-corrected chi connectivity index (χ2v) is 6.65. The Balaban J connectivity index is 1.88. The molecule has 3 aromatic heterocycles. The molecular formula is C17H18ClFN6O. The molecule has 0 unspecified atom stereocenters. The minimum absolute atomic E-state index is 0.0257. The standard InChI is InChI=1S/C17H18ClFN6O/c1-17(2,16(26)21-6-4-19)25-13-3-5-20-15(24-13)12-9-23-14-11(12)7-10(18)8-22-14/h3,5,7-9H,4,6H2,1-2H3,(H,21,26)(H,22,23)(H,20,24,25). The summed E-state index contributed by atoms with van der Waals surface area (Å²) in [5.74, 6) is 0.614. The number of amides is 1. The average Bonchev–Trinajstić information content (AvgIpc) is 3.02. The Morgan fingerprint density at radius 3 is 2.96 bits per heavy atom. The molecule has 3 heterocycles. The van der Waals surface area contributed by atoms with Crippen LogP contribution in [0.25, 0.3) is 22.4 Å². The number of rotatable bonds is 6. The number of fused-ring (bicyclic) bond motifs is 1. The van der Waals surface area contributed by atoms with Crippen molar-refractivity contribution < 1.29 is 9.18 Å². The number of pyridine rings is 1. The van der Waals surface area contributed by atoms with Gasteiger partial charge in [-0.25, -0.2) is 19.3 Å². The number of hydrogen-bond donors (Lipinski definition) is 3. The Morgan fingerprint density at radius 1 is 1.38 bits per heavy atom. The van der Waals surface area contributed by atoms with Gasteiger partial charge in [-0.2, -0.15) is 0 Å². The molecule has 0 aliphatic rings. The molecule has 0 aliphatic carbocycles. The highest BCUT2D eigenvalue weighted by molar-refractivity contribution is 6.31. The zero-order chi connectivity index (χ0) is 18.7. The van der Waals surface area contributed by atoms with Crippen LogP contribution >= 0.6 is 11.6 Å². The van der Waals surface area contributed by atoms with Crippen molar-refractivity contribution in [2.75, 3.05) is 18.5 Å². The Morgan fingerprint density at radius 2 is 2.19 bits per heavy atom. The molecule has 0 spiro atoms. The Labute approximate surface area is 154 Å². The van der Waals surface area contributed by atoms with Crippen molar-refractivity contribution in [2.45, 2.75) is 19.4 Å². The van der Waals surface area contributed by atoms with E-state index in [9.17, 15) is 9.18 Å². The lowest BCUT2D eigenvalue weighted by molar-refractivity contribution is -0.124. The molecule has 3 aromatic rings. The van der Waals surface area contributed by atoms with E-state index in [2.05, 4.69) is 30.6 Å². The molecule has 0 saturated carbocycles. The highest BCUT2D eigenvalue weighted by Gasteiger charge is 2.27. The molecule has 0 saturated heterocycles. The number of anilines is 1. The van der Waals surface area contributed by atoms with Crippen molar-refractivity contribution in [3.63, 3.8) is 0 Å². The Bertz CT molecular complexity index is 942. The van der Waals surface area contributed by atoms with Gasteiger partial charge in [0.15, 0.2) is 5.82 Å². The van der Waals surface area contributed by atoms with Crippen LogP contribution < -0.4 is 10.6 Å². The monoisotopic (exact) mass is 376 g/mol. The first-order valence-corrected chi connectivity index (χ1v) is 8.37. The minimum Gasteiger partial charge on any atom is -0.356 e. The van der Waals surface area contributed by atoms with Crippen LogP contribution in [-0.2, 0) is 4.79 Å². The molecule has 136 valence electrons. The van der Waals surface area contributed by atoms with E-state index in [4.69, 9.17) is 11.6 Å². The van der Waals surface area contributed by atoms with Crippen molar-refractivity contribution in [1.82, 2.24) is 25.3 Å². The van der Waals surface area contributed by atoms with Gasteiger partial charge in [-0.15, -0.1) is 0 Å². The fourth-order valence-corrected chi connectivity index (χ4v) is 2.64. The summed E-state index contributed by atoms with van der Waals surface area (Å²) in [7, 11) is 0. The second kappa shape index (κ2) is 7.25. The van der Waals surface area contributed by atoms with Crippen molar-refractivity contribution in [1.29, 1.82) is 0 Å². The summed E-state index contributed by atoms with van der Waals surface area (Å²) >= 11 is 6.03. The normalized spacial score (nSPS) is 11.5. The third-order valence-corrected chi connectivity index (χ3v) is 3.99. The zero-order valence-corrected chi connectivity index (χ0v) is 15.1. The van der Waals surface area contributed by atoms with Gasteiger partial charge < -0.3 is 15.6 Å². The highest BCUT2D eigenvalue weighted by Crippen LogP contribution is 2.27. The number of aromatic nitrogens is 4. The lowest BCUT2D eigenvalue weighted by atomic mass is 10.0. The number of alkyl halides is 1. The van der Waals surface area contributed by atoms with Gasteiger partial charge in [0.05, 0.1) is 5.02 Å². The molecule has 1 amide bonds. The first-order valence-electron chi connectivity index (χ1n) is 7.99. The van der Waals surface area contributed by atoms with E-state index >= 15 is 0 Å². The van der Waals surface area contributed by atoms with Gasteiger partial charge in [0, 0.05) is 36.1 Å². The number of carbonyl (C=O) groups excluding carboxylic acids is 1. The lowest BCUT2D eigenvalue weighted by Crippen LogP contribution is -2.48. The van der Waals surface area contributed by atoms with Crippen LogP contribution in [0.2, 0.25) is 5.02 Å². The number of nitrogens with zero attached hydrogens (tertiary/aromatic N) is 3. The fourth-order valence-electron chi connectivity index (χ4n) is 2.48. The maximum absolute atomic E-state index is 12.3. The summed E-state index contributed by atoms with van der Waals surface area (Å²) < 4.78 is 12.3. The molecule has 0 atom stereocenters. The molecule has 3 rings (SSSR count). The number of hydrogen-bond acceptors (Lipinski definition) is 5. The summed E-state index contributed by atoms with van der Waals surface area (Å²) in [4.78, 5) is 28.2. The predicted octanol–water partition coefficient (Wildman–Crippen LogP) is 2.95. The molecule has 0 aliphatic heterocycles. The van der Waals surface area contributed by atoms with Crippen LogP contribution in [0, 0.1) is 0 Å². The summed E-state index contributed by atoms with van der Waals surface area (Å²) in [5, 5.41) is 6.88. The molecular weight excluding hydrogens is 359 g/mol. The molecule has 0 radical (unpaired) electrons. The van der Waals surface area contributed by atoms with Crippen LogP contribution in [0.15, 0.2) is 30.7 Å². The van der Waals surface area contributed by atoms with E-state index < -0.39 is 12.2 Å². The smallest absolute Gasteiger partial charge is 0.245 e. The molecule has 3 N–H and O–H groups in total. The van der Waals surface area contributed by atoms with E-state index in [1.807, 2.05) is 0 Å². The molecule has 9 heteroatoms. The molecule has 7 nitrogen and oxygen atoms in total. The quantitative estimate of drug-likeness (QED) is 0.614. The molecule has 0 fully saturated rings. The summed E-state index contributed by atoms with van der Waals surface area (Å²) in [5.41, 5.74) is 0.460. The van der Waals surface area contributed by atoms with Gasteiger partial charge in [0.2, 0.25) is 5.91 Å². The maximum Gasteiger partial charge on any atom is 0.245 e. The molecule has 0 bridgehead atoms. The van der Waals surface area contributed by atoms with E-state index in [0.717, 1.165) is 10.9 Å². The second-order valence-electron chi connectivity index (χ2n) is 6.21. The number of halogens is 2. The Kier molecular flexibility index (Phi) is 5.03. The maximum atomic E-state index is 12.3. The van der Waals surface area contributed by atoms with E-state index in [1.54, 1.807) is 44.6 Å². The van der Waals surface area contributed by atoms with Crippen LogP contribution in [0.1, 0.15) is 13.8 Å². The van der Waals surface area contributed by atoms with E-state index in [0.29, 0.717) is 22.3 Å². The van der Waals surface area contributed by atoms with Gasteiger partial charge in [-0.1, -0.05) is 11.6 Å². The number of H-pyrrole nitrogens is 1. The van der Waals surface area contributed by atoms with Gasteiger partial charge in [-0.3, -0.25) is 4.79 Å². The van der Waals surface area contributed by atoms with E-state index in [1.165, 1.54) is 0 Å². The van der Waals surface area contributed by atoms with Crippen molar-refractivity contribution in [3.8, 4) is 11.4 Å². The minimum atomic E-state index is -0.966. The van der Waals surface area contributed by atoms with Crippen LogP contribution in [-0.4, -0.2) is 44.6 Å². The summed E-state index contributed by atoms with van der Waals surface area (Å²) in [6.07, 6.45) is 4.91. The summed E-state index contributed by atoms with van der Waals surface area (Å²) in [6.45, 7) is 2.74. The van der Waals surface area contributed by atoms with Crippen molar-refractivity contribution >= 4 is 34.4 Å². The van der Waals surface area contributed by atoms with Crippen LogP contribution in [0.3, 0.4) is 0 Å². The SMILES string of the molecule is CC(C)(Nc1ccnc(-c2c[nH]c3ncc(Cl)cc23)n1)C(=O)NCCF. The zero-order valence-electron chi connectivity index (χ0n) is 14.3. The number of aromatic amines is 1. The lowest BCUT2D eigenvalue weighted by Gasteiger charge is -2.25. The average molecular weight is 377 g/mol. The highest BCUT2D eigenvalue weighted by atomic mass is 35.5. The first kappa shape index (κ1) is 18.1. The van der Waals surface area contributed by atoms with Gasteiger partial charge in [0.25, 0.3) is 0 Å². The van der Waals surface area contributed by atoms with Gasteiger partial charge >= 0.3 is 0 Å². The third kappa shape index (κ3) is 3.75. The third-order valence-electron chi connectivity index (χ3n) is 3.78. The largest absolute Gasteiger partial charge is 0.356 e. The summed E-state index contributed by atoms with van der Waals surface area (Å²) in [6, 6.07) is 3.45. The number of carbonyl (C=O) groups is 1. The molecule has 26 heavy (non-hydrogen) atoms. The Hall–Kier alpha value is -2.74. The number of nitrogens with one attached hydrogen (secondary N) is 3. The van der Waals surface area contributed by atoms with Crippen LogP contribution in [0.5, 0.6) is 0 Å².